The molecule has 0 bridgehead atoms. The van der Waals surface area contributed by atoms with E-state index in [2.05, 4.69) is 44.7 Å². The van der Waals surface area contributed by atoms with Crippen LogP contribution in [0.4, 0.5) is 4.79 Å². The van der Waals surface area contributed by atoms with Crippen molar-refractivity contribution in [1.29, 1.82) is 0 Å². The highest BCUT2D eigenvalue weighted by Crippen LogP contribution is 2.09. The van der Waals surface area contributed by atoms with Gasteiger partial charge in [0.25, 0.3) is 0 Å². The van der Waals surface area contributed by atoms with Crippen LogP contribution >= 0.6 is 0 Å². The van der Waals surface area contributed by atoms with Crippen molar-refractivity contribution in [2.75, 3.05) is 59.9 Å². The van der Waals surface area contributed by atoms with Crippen molar-refractivity contribution in [2.24, 2.45) is 10.9 Å². The van der Waals surface area contributed by atoms with E-state index in [1.807, 2.05) is 34.6 Å². The zero-order valence-corrected chi connectivity index (χ0v) is 19.2. The van der Waals surface area contributed by atoms with E-state index in [0.29, 0.717) is 12.5 Å². The number of piperazine rings is 1. The van der Waals surface area contributed by atoms with Crippen molar-refractivity contribution < 1.29 is 9.53 Å². The van der Waals surface area contributed by atoms with E-state index >= 15 is 0 Å². The molecule has 0 spiro atoms. The standard InChI is InChI=1S/C20H42N6O2/c1-16(14-26-11-9-25(8)10-12-26)13-22-17(21-7)23-15-20(5,6)24-18(27)28-19(2,3)4/h16H,9-15H2,1-8H3,(H,24,27)(H2,21,22,23). The topological polar surface area (TPSA) is 81.2 Å². The van der Waals surface area contributed by atoms with Crippen molar-refractivity contribution in [3.05, 3.63) is 0 Å². The minimum Gasteiger partial charge on any atom is -0.444 e. The molecule has 1 aliphatic rings. The molecule has 1 amide bonds. The molecule has 0 aromatic rings. The van der Waals surface area contributed by atoms with Gasteiger partial charge in [0.2, 0.25) is 0 Å². The third kappa shape index (κ3) is 10.7. The Morgan fingerprint density at radius 3 is 2.25 bits per heavy atom. The number of likely N-dealkylation sites (N-methyl/N-ethyl adjacent to an activating group) is 1. The molecule has 28 heavy (non-hydrogen) atoms. The van der Waals surface area contributed by atoms with Gasteiger partial charge in [-0.25, -0.2) is 4.79 Å². The van der Waals surface area contributed by atoms with E-state index < -0.39 is 17.2 Å². The molecule has 8 nitrogen and oxygen atoms in total. The van der Waals surface area contributed by atoms with Gasteiger partial charge in [-0.2, -0.15) is 0 Å². The normalized spacial score (nSPS) is 18.5. The highest BCUT2D eigenvalue weighted by atomic mass is 16.6. The summed E-state index contributed by atoms with van der Waals surface area (Å²) in [5.74, 6) is 1.26. The molecule has 8 heteroatoms. The van der Waals surface area contributed by atoms with E-state index in [9.17, 15) is 4.79 Å². The second kappa shape index (κ2) is 10.9. The molecule has 0 radical (unpaired) electrons. The molecule has 1 aliphatic heterocycles. The van der Waals surface area contributed by atoms with Crippen molar-refractivity contribution >= 4 is 12.1 Å². The van der Waals surface area contributed by atoms with Crippen LogP contribution in [0.25, 0.3) is 0 Å². The maximum absolute atomic E-state index is 12.0. The van der Waals surface area contributed by atoms with Crippen LogP contribution in [0, 0.1) is 5.92 Å². The van der Waals surface area contributed by atoms with Crippen LogP contribution in [0.5, 0.6) is 0 Å². The summed E-state index contributed by atoms with van der Waals surface area (Å²) in [6.45, 7) is 18.8. The molecule has 3 N–H and O–H groups in total. The number of rotatable bonds is 7. The van der Waals surface area contributed by atoms with Gasteiger partial charge in [-0.15, -0.1) is 0 Å². The van der Waals surface area contributed by atoms with Crippen molar-refractivity contribution in [3.8, 4) is 0 Å². The average Bonchev–Trinajstić information content (AvgIpc) is 2.54. The number of carbonyl (C=O) groups is 1. The molecule has 0 saturated carbocycles. The van der Waals surface area contributed by atoms with Gasteiger partial charge in [0.05, 0.1) is 5.54 Å². The number of alkyl carbamates (subject to hydrolysis) is 1. The number of hydrogen-bond donors (Lipinski definition) is 3. The third-order valence-electron chi connectivity index (χ3n) is 4.54. The van der Waals surface area contributed by atoms with Crippen LogP contribution in [0.2, 0.25) is 0 Å². The fourth-order valence-corrected chi connectivity index (χ4v) is 2.96. The van der Waals surface area contributed by atoms with Gasteiger partial charge < -0.3 is 30.5 Å². The quantitative estimate of drug-likeness (QED) is 0.444. The highest BCUT2D eigenvalue weighted by molar-refractivity contribution is 5.79. The number of amides is 1. The molecule has 0 aromatic heterocycles. The largest absolute Gasteiger partial charge is 0.444 e. The summed E-state index contributed by atoms with van der Waals surface area (Å²) in [5, 5.41) is 9.58. The average molecular weight is 399 g/mol. The molecular weight excluding hydrogens is 356 g/mol. The molecule has 0 aromatic carbocycles. The van der Waals surface area contributed by atoms with Crippen molar-refractivity contribution in [2.45, 2.75) is 52.7 Å². The monoisotopic (exact) mass is 398 g/mol. The molecule has 1 rings (SSSR count). The summed E-state index contributed by atoms with van der Waals surface area (Å²) in [5.41, 5.74) is -0.976. The lowest BCUT2D eigenvalue weighted by Gasteiger charge is -2.34. The summed E-state index contributed by atoms with van der Waals surface area (Å²) < 4.78 is 5.33. The van der Waals surface area contributed by atoms with Gasteiger partial charge in [0, 0.05) is 52.9 Å². The van der Waals surface area contributed by atoms with E-state index in [1.54, 1.807) is 7.05 Å². The van der Waals surface area contributed by atoms with E-state index in [1.165, 1.54) is 0 Å². The van der Waals surface area contributed by atoms with Crippen LogP contribution in [-0.2, 0) is 4.74 Å². The predicted octanol–water partition coefficient (Wildman–Crippen LogP) is 1.34. The number of carbonyl (C=O) groups excluding carboxylic acids is 1. The molecule has 1 atom stereocenters. The number of guanidine groups is 1. The highest BCUT2D eigenvalue weighted by Gasteiger charge is 2.25. The Balaban J connectivity index is 2.34. The maximum atomic E-state index is 12.0. The summed E-state index contributed by atoms with van der Waals surface area (Å²) in [6, 6.07) is 0. The SMILES string of the molecule is CN=C(NCC(C)CN1CCN(C)CC1)NCC(C)(C)NC(=O)OC(C)(C)C. The van der Waals surface area contributed by atoms with Gasteiger partial charge in [-0.1, -0.05) is 6.92 Å². The molecule has 164 valence electrons. The van der Waals surface area contributed by atoms with Gasteiger partial charge in [-0.3, -0.25) is 4.99 Å². The van der Waals surface area contributed by atoms with Crippen molar-refractivity contribution in [3.63, 3.8) is 0 Å². The third-order valence-corrected chi connectivity index (χ3v) is 4.54. The van der Waals surface area contributed by atoms with E-state index in [0.717, 1.165) is 45.2 Å². The fourth-order valence-electron chi connectivity index (χ4n) is 2.96. The minimum absolute atomic E-state index is 0.414. The van der Waals surface area contributed by atoms with Crippen molar-refractivity contribution in [1.82, 2.24) is 25.8 Å². The van der Waals surface area contributed by atoms with Crippen LogP contribution in [0.1, 0.15) is 41.5 Å². The summed E-state index contributed by atoms with van der Waals surface area (Å²) in [6.07, 6.45) is -0.414. The summed E-state index contributed by atoms with van der Waals surface area (Å²) in [4.78, 5) is 21.2. The Kier molecular flexibility index (Phi) is 9.50. The molecule has 1 unspecified atom stereocenters. The van der Waals surface area contributed by atoms with Crippen LogP contribution < -0.4 is 16.0 Å². The van der Waals surface area contributed by atoms with Gasteiger partial charge in [0.15, 0.2) is 5.96 Å². The number of nitrogens with zero attached hydrogens (tertiary/aromatic N) is 3. The summed E-state index contributed by atoms with van der Waals surface area (Å²) >= 11 is 0. The predicted molar refractivity (Wildman–Crippen MR) is 116 cm³/mol. The lowest BCUT2D eigenvalue weighted by Crippen LogP contribution is -2.54. The smallest absolute Gasteiger partial charge is 0.408 e. The minimum atomic E-state index is -0.509. The lowest BCUT2D eigenvalue weighted by molar-refractivity contribution is 0.0474. The maximum Gasteiger partial charge on any atom is 0.408 e. The molecule has 1 heterocycles. The molecular formula is C20H42N6O2. The molecule has 1 fully saturated rings. The number of ether oxygens (including phenoxy) is 1. The Bertz CT molecular complexity index is 507. The first-order valence-electron chi connectivity index (χ1n) is 10.3. The Hall–Kier alpha value is -1.54. The lowest BCUT2D eigenvalue weighted by atomic mass is 10.1. The van der Waals surface area contributed by atoms with Crippen LogP contribution in [-0.4, -0.2) is 92.9 Å². The molecule has 1 saturated heterocycles. The Morgan fingerprint density at radius 2 is 1.71 bits per heavy atom. The second-order valence-corrected chi connectivity index (χ2v) is 9.53. The first-order chi connectivity index (χ1) is 12.9. The fraction of sp³-hybridized carbons (Fsp3) is 0.900. The van der Waals surface area contributed by atoms with E-state index in [-0.39, 0.29) is 0 Å². The van der Waals surface area contributed by atoms with Crippen LogP contribution in [0.3, 0.4) is 0 Å². The van der Waals surface area contributed by atoms with Gasteiger partial charge in [-0.05, 0) is 47.6 Å². The zero-order chi connectivity index (χ0) is 21.4. The number of aliphatic imine (C=N–C) groups is 1. The van der Waals surface area contributed by atoms with Gasteiger partial charge >= 0.3 is 6.09 Å². The van der Waals surface area contributed by atoms with E-state index in [4.69, 9.17) is 4.74 Å². The number of hydrogen-bond acceptors (Lipinski definition) is 5. The first-order valence-corrected chi connectivity index (χ1v) is 10.3. The Labute approximate surface area is 171 Å². The Morgan fingerprint density at radius 1 is 1.11 bits per heavy atom. The zero-order valence-electron chi connectivity index (χ0n) is 19.2. The summed E-state index contributed by atoms with van der Waals surface area (Å²) in [7, 11) is 3.94. The number of nitrogens with one attached hydrogen (secondary N) is 3. The van der Waals surface area contributed by atoms with Crippen LogP contribution in [0.15, 0.2) is 4.99 Å². The second-order valence-electron chi connectivity index (χ2n) is 9.53. The molecule has 0 aliphatic carbocycles. The van der Waals surface area contributed by atoms with Gasteiger partial charge in [0.1, 0.15) is 5.60 Å². The first kappa shape index (κ1) is 24.5.